The lowest BCUT2D eigenvalue weighted by atomic mass is 9.48. The van der Waals surface area contributed by atoms with Crippen LogP contribution in [-0.2, 0) is 0 Å². The molecule has 3 rings (SSSR count). The van der Waals surface area contributed by atoms with E-state index in [1.807, 2.05) is 13.8 Å². The Morgan fingerprint density at radius 2 is 1.00 bits per heavy atom. The first kappa shape index (κ1) is 12.9. The molecule has 18 heavy (non-hydrogen) atoms. The molecule has 0 aromatic carbocycles. The highest BCUT2D eigenvalue weighted by atomic mass is 16.4. The predicted octanol–water partition coefficient (Wildman–Crippen LogP) is 3.11. The Labute approximate surface area is 111 Å². The van der Waals surface area contributed by atoms with Gasteiger partial charge in [0.15, 0.2) is 0 Å². The molecule has 0 saturated heterocycles. The van der Waals surface area contributed by atoms with Crippen LogP contribution in [-0.4, -0.2) is 21.4 Å². The van der Waals surface area contributed by atoms with Gasteiger partial charge in [0.2, 0.25) is 0 Å². The van der Waals surface area contributed by atoms with Crippen LogP contribution in [0.2, 0.25) is 0 Å². The molecule has 2 N–H and O–H groups in total. The summed E-state index contributed by atoms with van der Waals surface area (Å²) in [5, 5.41) is 22.0. The molecule has 0 amide bonds. The quantitative estimate of drug-likeness (QED) is 0.695. The van der Waals surface area contributed by atoms with Crippen molar-refractivity contribution in [1.29, 1.82) is 0 Å². The van der Waals surface area contributed by atoms with Crippen molar-refractivity contribution in [3.63, 3.8) is 0 Å². The van der Waals surface area contributed by atoms with Crippen molar-refractivity contribution >= 4 is 0 Å². The zero-order valence-corrected chi connectivity index (χ0v) is 11.9. The molecule has 3 fully saturated rings. The van der Waals surface area contributed by atoms with E-state index in [1.165, 1.54) is 38.5 Å². The molecular weight excluding hydrogens is 224 g/mol. The SMILES string of the molecule is C[C@]1(O)[C@H]2CCCC[C@@H]2[C@@H]2CCCC[C@@H]2[C@@]1(C)O. The number of fused-ring (bicyclic) bond motifs is 3. The Morgan fingerprint density at radius 3 is 1.39 bits per heavy atom. The van der Waals surface area contributed by atoms with Gasteiger partial charge in [0.25, 0.3) is 0 Å². The Morgan fingerprint density at radius 1 is 0.667 bits per heavy atom. The standard InChI is InChI=1S/C16H28O2/c1-15(17)13-9-5-3-7-11(13)12-8-4-6-10-14(12)16(15,2)18/h11-14,17-18H,3-10H2,1-2H3/t11-,12+,13-,14-,15+,16-/m0/s1. The molecule has 0 aromatic rings. The van der Waals surface area contributed by atoms with E-state index < -0.39 is 11.2 Å². The van der Waals surface area contributed by atoms with Crippen molar-refractivity contribution in [2.75, 3.05) is 0 Å². The molecule has 0 heterocycles. The second-order valence-corrected chi connectivity index (χ2v) is 7.40. The number of hydrogen-bond donors (Lipinski definition) is 2. The van der Waals surface area contributed by atoms with Crippen molar-refractivity contribution in [2.45, 2.75) is 76.4 Å². The highest BCUT2D eigenvalue weighted by molar-refractivity contribution is 5.12. The summed E-state index contributed by atoms with van der Waals surface area (Å²) in [7, 11) is 0. The fraction of sp³-hybridized carbons (Fsp3) is 1.00. The molecule has 0 aliphatic heterocycles. The molecule has 6 atom stereocenters. The number of aliphatic hydroxyl groups is 2. The summed E-state index contributed by atoms with van der Waals surface area (Å²) in [5.74, 6) is 1.97. The molecule has 0 aromatic heterocycles. The Bertz CT molecular complexity index is 289. The topological polar surface area (TPSA) is 40.5 Å². The molecule has 104 valence electrons. The van der Waals surface area contributed by atoms with Gasteiger partial charge in [0.05, 0.1) is 11.2 Å². The van der Waals surface area contributed by atoms with Crippen LogP contribution in [0.25, 0.3) is 0 Å². The van der Waals surface area contributed by atoms with Gasteiger partial charge in [-0.05, 0) is 63.2 Å². The third-order valence-corrected chi connectivity index (χ3v) is 6.66. The summed E-state index contributed by atoms with van der Waals surface area (Å²) in [5.41, 5.74) is -1.78. The monoisotopic (exact) mass is 252 g/mol. The van der Waals surface area contributed by atoms with Gasteiger partial charge in [-0.2, -0.15) is 0 Å². The van der Waals surface area contributed by atoms with Gasteiger partial charge < -0.3 is 10.2 Å². The summed E-state index contributed by atoms with van der Waals surface area (Å²) >= 11 is 0. The minimum Gasteiger partial charge on any atom is -0.387 e. The van der Waals surface area contributed by atoms with Gasteiger partial charge in [0.1, 0.15) is 0 Å². The molecular formula is C16H28O2. The molecule has 3 aliphatic rings. The van der Waals surface area contributed by atoms with E-state index in [2.05, 4.69) is 0 Å². The van der Waals surface area contributed by atoms with Gasteiger partial charge in [-0.1, -0.05) is 25.7 Å². The van der Waals surface area contributed by atoms with Gasteiger partial charge in [-0.25, -0.2) is 0 Å². The minimum atomic E-state index is -0.892. The molecule has 0 spiro atoms. The highest BCUT2D eigenvalue weighted by Gasteiger charge is 2.61. The molecule has 2 nitrogen and oxygen atoms in total. The van der Waals surface area contributed by atoms with Gasteiger partial charge in [-0.3, -0.25) is 0 Å². The van der Waals surface area contributed by atoms with Crippen LogP contribution in [0.4, 0.5) is 0 Å². The maximum absolute atomic E-state index is 11.0. The van der Waals surface area contributed by atoms with E-state index in [0.29, 0.717) is 23.7 Å². The number of rotatable bonds is 0. The van der Waals surface area contributed by atoms with E-state index >= 15 is 0 Å². The van der Waals surface area contributed by atoms with Crippen LogP contribution in [0.1, 0.15) is 65.2 Å². The number of hydrogen-bond acceptors (Lipinski definition) is 2. The Balaban J connectivity index is 1.98. The molecule has 0 bridgehead atoms. The van der Waals surface area contributed by atoms with Crippen LogP contribution >= 0.6 is 0 Å². The second-order valence-electron chi connectivity index (χ2n) is 7.40. The maximum Gasteiger partial charge on any atom is 0.0936 e. The van der Waals surface area contributed by atoms with E-state index in [1.54, 1.807) is 0 Å². The lowest BCUT2D eigenvalue weighted by molar-refractivity contribution is -0.256. The zero-order chi connectivity index (χ0) is 13.0. The van der Waals surface area contributed by atoms with Gasteiger partial charge in [-0.15, -0.1) is 0 Å². The van der Waals surface area contributed by atoms with Gasteiger partial charge >= 0.3 is 0 Å². The summed E-state index contributed by atoms with van der Waals surface area (Å²) in [6.45, 7) is 3.81. The second kappa shape index (κ2) is 4.21. The maximum atomic E-state index is 11.0. The lowest BCUT2D eigenvalue weighted by Gasteiger charge is -2.61. The van der Waals surface area contributed by atoms with Crippen molar-refractivity contribution in [3.05, 3.63) is 0 Å². The fourth-order valence-electron chi connectivity index (χ4n) is 5.49. The summed E-state index contributed by atoms with van der Waals surface area (Å²) in [6, 6.07) is 0. The molecule has 3 saturated carbocycles. The van der Waals surface area contributed by atoms with Crippen LogP contribution < -0.4 is 0 Å². The van der Waals surface area contributed by atoms with Crippen LogP contribution in [0.15, 0.2) is 0 Å². The largest absolute Gasteiger partial charge is 0.387 e. The average Bonchev–Trinajstić information content (AvgIpc) is 2.37. The Hall–Kier alpha value is -0.0800. The smallest absolute Gasteiger partial charge is 0.0936 e. The first-order valence-electron chi connectivity index (χ1n) is 7.91. The van der Waals surface area contributed by atoms with Crippen LogP contribution in [0.3, 0.4) is 0 Å². The average molecular weight is 252 g/mol. The first-order chi connectivity index (χ1) is 8.46. The molecule has 3 aliphatic carbocycles. The van der Waals surface area contributed by atoms with Gasteiger partial charge in [0, 0.05) is 0 Å². The fourth-order valence-corrected chi connectivity index (χ4v) is 5.49. The first-order valence-corrected chi connectivity index (χ1v) is 7.91. The molecule has 0 unspecified atom stereocenters. The van der Waals surface area contributed by atoms with Crippen LogP contribution in [0, 0.1) is 23.7 Å². The van der Waals surface area contributed by atoms with E-state index in [-0.39, 0.29) is 0 Å². The van der Waals surface area contributed by atoms with Crippen LogP contribution in [0.5, 0.6) is 0 Å². The molecule has 2 heteroatoms. The predicted molar refractivity (Wildman–Crippen MR) is 72.1 cm³/mol. The lowest BCUT2D eigenvalue weighted by Crippen LogP contribution is -2.68. The van der Waals surface area contributed by atoms with Crippen molar-refractivity contribution in [2.24, 2.45) is 23.7 Å². The highest BCUT2D eigenvalue weighted by Crippen LogP contribution is 2.58. The zero-order valence-electron chi connectivity index (χ0n) is 11.9. The van der Waals surface area contributed by atoms with E-state index in [0.717, 1.165) is 12.8 Å². The normalized spacial score (nSPS) is 56.7. The Kier molecular flexibility index (Phi) is 3.02. The van der Waals surface area contributed by atoms with E-state index in [9.17, 15) is 10.2 Å². The van der Waals surface area contributed by atoms with Crippen molar-refractivity contribution in [3.8, 4) is 0 Å². The third kappa shape index (κ3) is 1.61. The van der Waals surface area contributed by atoms with Crippen molar-refractivity contribution in [1.82, 2.24) is 0 Å². The summed E-state index contributed by atoms with van der Waals surface area (Å²) in [6.07, 6.45) is 9.87. The summed E-state index contributed by atoms with van der Waals surface area (Å²) < 4.78 is 0. The molecule has 0 radical (unpaired) electrons. The third-order valence-electron chi connectivity index (χ3n) is 6.66. The van der Waals surface area contributed by atoms with Crippen molar-refractivity contribution < 1.29 is 10.2 Å². The van der Waals surface area contributed by atoms with E-state index in [4.69, 9.17) is 0 Å². The minimum absolute atomic E-state index is 0.320. The summed E-state index contributed by atoms with van der Waals surface area (Å²) in [4.78, 5) is 0.